The van der Waals surface area contributed by atoms with Crippen LogP contribution in [0.4, 0.5) is 5.69 Å². The average molecular weight is 262 g/mol. The molecule has 1 fully saturated rings. The normalized spacial score (nSPS) is 15.5. The lowest BCUT2D eigenvalue weighted by Crippen LogP contribution is -2.48. The zero-order chi connectivity index (χ0) is 13.8. The predicted molar refractivity (Wildman–Crippen MR) is 76.8 cm³/mol. The van der Waals surface area contributed by atoms with Gasteiger partial charge in [-0.1, -0.05) is 13.0 Å². The molecule has 1 heterocycles. The van der Waals surface area contributed by atoms with Crippen LogP contribution in [0, 0.1) is 6.92 Å². The highest BCUT2D eigenvalue weighted by atomic mass is 16.5. The summed E-state index contributed by atoms with van der Waals surface area (Å²) in [6, 6.07) is 6.12. The number of ether oxygens (including phenoxy) is 1. The topological polar surface area (TPSA) is 32.8 Å². The first-order chi connectivity index (χ1) is 9.17. The van der Waals surface area contributed by atoms with Crippen molar-refractivity contribution in [2.75, 3.05) is 38.2 Å². The monoisotopic (exact) mass is 262 g/mol. The van der Waals surface area contributed by atoms with Crippen molar-refractivity contribution < 1.29 is 9.53 Å². The predicted octanol–water partition coefficient (Wildman–Crippen LogP) is 2.06. The molecule has 1 amide bonds. The minimum atomic E-state index is 0.252. The molecule has 2 rings (SSSR count). The number of methoxy groups -OCH3 is 1. The fourth-order valence-corrected chi connectivity index (χ4v) is 2.59. The van der Waals surface area contributed by atoms with Gasteiger partial charge in [0.2, 0.25) is 5.91 Å². The van der Waals surface area contributed by atoms with E-state index in [0.29, 0.717) is 6.42 Å². The number of carbonyl (C=O) groups excluding carboxylic acids is 1. The summed E-state index contributed by atoms with van der Waals surface area (Å²) in [6.45, 7) is 7.39. The number of amides is 1. The Morgan fingerprint density at radius 3 is 2.53 bits per heavy atom. The van der Waals surface area contributed by atoms with Crippen molar-refractivity contribution in [3.8, 4) is 5.75 Å². The average Bonchev–Trinajstić information content (AvgIpc) is 2.47. The molecule has 0 spiro atoms. The largest absolute Gasteiger partial charge is 0.496 e. The van der Waals surface area contributed by atoms with E-state index in [0.717, 1.165) is 31.9 Å². The molecule has 1 aromatic carbocycles. The zero-order valence-corrected chi connectivity index (χ0v) is 12.0. The van der Waals surface area contributed by atoms with E-state index in [9.17, 15) is 4.79 Å². The van der Waals surface area contributed by atoms with Gasteiger partial charge in [-0.15, -0.1) is 0 Å². The van der Waals surface area contributed by atoms with Gasteiger partial charge in [0.05, 0.1) is 7.11 Å². The van der Waals surface area contributed by atoms with Crippen LogP contribution in [0.5, 0.6) is 5.75 Å². The van der Waals surface area contributed by atoms with E-state index in [1.165, 1.54) is 11.3 Å². The van der Waals surface area contributed by atoms with Crippen LogP contribution >= 0.6 is 0 Å². The highest BCUT2D eigenvalue weighted by Crippen LogP contribution is 2.28. The highest BCUT2D eigenvalue weighted by molar-refractivity contribution is 5.76. The third-order valence-electron chi connectivity index (χ3n) is 3.75. The maximum atomic E-state index is 11.7. The van der Waals surface area contributed by atoms with Crippen molar-refractivity contribution in [2.24, 2.45) is 0 Å². The van der Waals surface area contributed by atoms with Crippen LogP contribution < -0.4 is 9.64 Å². The van der Waals surface area contributed by atoms with Crippen LogP contribution in [0.1, 0.15) is 18.9 Å². The van der Waals surface area contributed by atoms with Gasteiger partial charge in [0.1, 0.15) is 5.75 Å². The minimum absolute atomic E-state index is 0.252. The van der Waals surface area contributed by atoms with Gasteiger partial charge in [-0.05, 0) is 19.1 Å². The van der Waals surface area contributed by atoms with Gasteiger partial charge >= 0.3 is 0 Å². The number of hydrogen-bond donors (Lipinski definition) is 0. The number of rotatable bonds is 3. The number of benzene rings is 1. The molecule has 0 aliphatic carbocycles. The lowest BCUT2D eigenvalue weighted by molar-refractivity contribution is -0.131. The quantitative estimate of drug-likeness (QED) is 0.836. The standard InChI is InChI=1S/C15H22N2O2/c1-4-15(18)17-10-8-16(9-11-17)13-6-5-7-14(19-3)12(13)2/h5-7H,4,8-11H2,1-3H3. The third-order valence-corrected chi connectivity index (χ3v) is 3.75. The molecule has 104 valence electrons. The van der Waals surface area contributed by atoms with Crippen molar-refractivity contribution in [1.29, 1.82) is 0 Å². The second-order valence-corrected chi connectivity index (χ2v) is 4.83. The number of hydrogen-bond acceptors (Lipinski definition) is 3. The van der Waals surface area contributed by atoms with E-state index < -0.39 is 0 Å². The summed E-state index contributed by atoms with van der Waals surface area (Å²) in [5.74, 6) is 1.17. The Hall–Kier alpha value is -1.71. The molecule has 1 saturated heterocycles. The van der Waals surface area contributed by atoms with Crippen molar-refractivity contribution in [3.05, 3.63) is 23.8 Å². The molecule has 4 nitrogen and oxygen atoms in total. The van der Waals surface area contributed by atoms with E-state index in [4.69, 9.17) is 4.74 Å². The fourth-order valence-electron chi connectivity index (χ4n) is 2.59. The van der Waals surface area contributed by atoms with Crippen molar-refractivity contribution in [3.63, 3.8) is 0 Å². The fraction of sp³-hybridized carbons (Fsp3) is 0.533. The first-order valence-corrected chi connectivity index (χ1v) is 6.83. The Kier molecular flexibility index (Phi) is 4.30. The molecule has 0 N–H and O–H groups in total. The highest BCUT2D eigenvalue weighted by Gasteiger charge is 2.21. The van der Waals surface area contributed by atoms with Gasteiger partial charge in [0.15, 0.2) is 0 Å². The Balaban J connectivity index is 2.08. The molecule has 0 saturated carbocycles. The Labute approximate surface area is 115 Å². The van der Waals surface area contributed by atoms with Gasteiger partial charge in [0.25, 0.3) is 0 Å². The Morgan fingerprint density at radius 2 is 1.95 bits per heavy atom. The van der Waals surface area contributed by atoms with E-state index in [-0.39, 0.29) is 5.91 Å². The Morgan fingerprint density at radius 1 is 1.26 bits per heavy atom. The van der Waals surface area contributed by atoms with Gasteiger partial charge in [-0.3, -0.25) is 4.79 Å². The molecule has 1 aliphatic rings. The van der Waals surface area contributed by atoms with Gasteiger partial charge < -0.3 is 14.5 Å². The maximum Gasteiger partial charge on any atom is 0.222 e. The molecule has 0 aromatic heterocycles. The lowest BCUT2D eigenvalue weighted by Gasteiger charge is -2.37. The van der Waals surface area contributed by atoms with Crippen LogP contribution in [-0.2, 0) is 4.79 Å². The molecule has 4 heteroatoms. The molecule has 0 radical (unpaired) electrons. The van der Waals surface area contributed by atoms with Crippen LogP contribution in [-0.4, -0.2) is 44.1 Å². The molecule has 19 heavy (non-hydrogen) atoms. The van der Waals surface area contributed by atoms with Gasteiger partial charge in [0, 0.05) is 43.9 Å². The molecule has 0 bridgehead atoms. The van der Waals surface area contributed by atoms with Crippen LogP contribution in [0.3, 0.4) is 0 Å². The molecule has 1 aliphatic heterocycles. The number of carbonyl (C=O) groups is 1. The first kappa shape index (κ1) is 13.7. The van der Waals surface area contributed by atoms with Gasteiger partial charge in [-0.25, -0.2) is 0 Å². The van der Waals surface area contributed by atoms with Crippen molar-refractivity contribution >= 4 is 11.6 Å². The molecule has 0 atom stereocenters. The zero-order valence-electron chi connectivity index (χ0n) is 12.0. The number of piperazine rings is 1. The second-order valence-electron chi connectivity index (χ2n) is 4.83. The van der Waals surface area contributed by atoms with Crippen LogP contribution in [0.15, 0.2) is 18.2 Å². The lowest BCUT2D eigenvalue weighted by atomic mass is 10.1. The third kappa shape index (κ3) is 2.83. The Bertz CT molecular complexity index is 451. The molecule has 0 unspecified atom stereocenters. The summed E-state index contributed by atoms with van der Waals surface area (Å²) in [5.41, 5.74) is 2.38. The maximum absolute atomic E-state index is 11.7. The van der Waals surface area contributed by atoms with E-state index in [2.05, 4.69) is 17.9 Å². The van der Waals surface area contributed by atoms with Gasteiger partial charge in [-0.2, -0.15) is 0 Å². The van der Waals surface area contributed by atoms with E-state index in [1.54, 1.807) is 7.11 Å². The summed E-state index contributed by atoms with van der Waals surface area (Å²) in [5, 5.41) is 0. The summed E-state index contributed by atoms with van der Waals surface area (Å²) >= 11 is 0. The number of nitrogens with zero attached hydrogens (tertiary/aromatic N) is 2. The second kappa shape index (κ2) is 5.95. The summed E-state index contributed by atoms with van der Waals surface area (Å²) in [7, 11) is 1.70. The first-order valence-electron chi connectivity index (χ1n) is 6.83. The minimum Gasteiger partial charge on any atom is -0.496 e. The summed E-state index contributed by atoms with van der Waals surface area (Å²) in [4.78, 5) is 15.9. The molecular formula is C15H22N2O2. The summed E-state index contributed by atoms with van der Waals surface area (Å²) in [6.07, 6.45) is 0.595. The van der Waals surface area contributed by atoms with E-state index in [1.807, 2.05) is 24.0 Å². The number of anilines is 1. The van der Waals surface area contributed by atoms with Crippen molar-refractivity contribution in [2.45, 2.75) is 20.3 Å². The summed E-state index contributed by atoms with van der Waals surface area (Å²) < 4.78 is 5.36. The molecular weight excluding hydrogens is 240 g/mol. The van der Waals surface area contributed by atoms with E-state index >= 15 is 0 Å². The van der Waals surface area contributed by atoms with Crippen LogP contribution in [0.2, 0.25) is 0 Å². The van der Waals surface area contributed by atoms with Crippen molar-refractivity contribution in [1.82, 2.24) is 4.90 Å². The smallest absolute Gasteiger partial charge is 0.222 e. The molecule has 1 aromatic rings. The van der Waals surface area contributed by atoms with Crippen LogP contribution in [0.25, 0.3) is 0 Å². The SMILES string of the molecule is CCC(=O)N1CCN(c2cccc(OC)c2C)CC1.